The second kappa shape index (κ2) is 7.16. The summed E-state index contributed by atoms with van der Waals surface area (Å²) in [4.78, 5) is 25.8. The van der Waals surface area contributed by atoms with Crippen LogP contribution in [0, 0.1) is 6.92 Å². The van der Waals surface area contributed by atoms with Crippen LogP contribution in [-0.2, 0) is 14.2 Å². The van der Waals surface area contributed by atoms with E-state index < -0.39 is 48.0 Å². The monoisotopic (exact) mass is 344 g/mol. The molecule has 9 heteroatoms. The molecule has 0 aliphatic carbocycles. The van der Waals surface area contributed by atoms with E-state index in [-0.39, 0.29) is 6.61 Å². The fourth-order valence-corrected chi connectivity index (χ4v) is 2.40. The van der Waals surface area contributed by atoms with Gasteiger partial charge in [0.15, 0.2) is 6.23 Å². The van der Waals surface area contributed by atoms with Crippen molar-refractivity contribution in [3.8, 4) is 0 Å². The maximum atomic E-state index is 12.1. The molecule has 0 saturated carbocycles. The van der Waals surface area contributed by atoms with Gasteiger partial charge in [-0.3, -0.25) is 14.3 Å². The topological polar surface area (TPSA) is 123 Å². The van der Waals surface area contributed by atoms with Gasteiger partial charge < -0.3 is 24.4 Å². The Morgan fingerprint density at radius 3 is 2.67 bits per heavy atom. The fraction of sp³-hybridized carbons (Fsp3) is 0.733. The van der Waals surface area contributed by atoms with Crippen LogP contribution in [0.15, 0.2) is 15.8 Å². The molecule has 1 saturated heterocycles. The normalized spacial score (nSPS) is 27.6. The van der Waals surface area contributed by atoms with E-state index in [9.17, 15) is 19.8 Å². The number of aromatic amines is 1. The second-order valence-electron chi connectivity index (χ2n) is 6.46. The van der Waals surface area contributed by atoms with Crippen molar-refractivity contribution in [2.75, 3.05) is 20.3 Å². The molecule has 3 N–H and O–H groups in total. The number of aliphatic hydroxyl groups is 2. The molecule has 4 unspecified atom stereocenters. The summed E-state index contributed by atoms with van der Waals surface area (Å²) in [5, 5.41) is 19.7. The van der Waals surface area contributed by atoms with Gasteiger partial charge in [-0.05, 0) is 20.8 Å². The molecule has 0 bridgehead atoms. The van der Waals surface area contributed by atoms with Gasteiger partial charge in [-0.1, -0.05) is 0 Å². The zero-order chi connectivity index (χ0) is 18.1. The Morgan fingerprint density at radius 1 is 1.42 bits per heavy atom. The van der Waals surface area contributed by atoms with E-state index in [0.717, 1.165) is 4.57 Å². The highest BCUT2D eigenvalue weighted by molar-refractivity contribution is 5.03. The molecule has 4 atom stereocenters. The van der Waals surface area contributed by atoms with Crippen LogP contribution in [0.1, 0.15) is 25.6 Å². The van der Waals surface area contributed by atoms with Gasteiger partial charge in [0.25, 0.3) is 5.56 Å². The standard InChI is InChI=1S/C15H24N2O7/c1-8-5-17(14(21)16-12(8)20)13-11(10(19)9(6-18)24-13)23-7-15(2,3)22-4/h5,9-11,13,18-19H,6-7H2,1-4H3,(H,16,20,21). The first-order chi connectivity index (χ1) is 11.2. The van der Waals surface area contributed by atoms with Gasteiger partial charge in [-0.25, -0.2) is 4.79 Å². The molecule has 1 aliphatic rings. The lowest BCUT2D eigenvalue weighted by atomic mass is 10.1. The third kappa shape index (κ3) is 3.76. The second-order valence-corrected chi connectivity index (χ2v) is 6.46. The molecule has 1 aromatic rings. The number of hydrogen-bond acceptors (Lipinski definition) is 7. The van der Waals surface area contributed by atoms with Gasteiger partial charge in [-0.2, -0.15) is 0 Å². The Balaban J connectivity index is 2.33. The van der Waals surface area contributed by atoms with Gasteiger partial charge in [0.1, 0.15) is 18.3 Å². The molecular formula is C15H24N2O7. The van der Waals surface area contributed by atoms with Crippen LogP contribution >= 0.6 is 0 Å². The minimum atomic E-state index is -1.13. The molecular weight excluding hydrogens is 320 g/mol. The number of rotatable bonds is 6. The zero-order valence-corrected chi connectivity index (χ0v) is 14.2. The number of methoxy groups -OCH3 is 1. The lowest BCUT2D eigenvalue weighted by Crippen LogP contribution is -2.42. The number of aryl methyl sites for hydroxylation is 1. The Kier molecular flexibility index (Phi) is 5.61. The van der Waals surface area contributed by atoms with Gasteiger partial charge in [0, 0.05) is 18.9 Å². The third-order valence-corrected chi connectivity index (χ3v) is 4.09. The number of nitrogens with zero attached hydrogens (tertiary/aromatic N) is 1. The Morgan fingerprint density at radius 2 is 2.08 bits per heavy atom. The molecule has 2 rings (SSSR count). The molecule has 1 aromatic heterocycles. The van der Waals surface area contributed by atoms with Crippen molar-refractivity contribution in [1.29, 1.82) is 0 Å². The summed E-state index contributed by atoms with van der Waals surface area (Å²) in [6, 6.07) is 0. The first-order valence-corrected chi connectivity index (χ1v) is 7.63. The van der Waals surface area contributed by atoms with Crippen LogP contribution in [0.2, 0.25) is 0 Å². The summed E-state index contributed by atoms with van der Waals surface area (Å²) < 4.78 is 17.7. The average Bonchev–Trinajstić information content (AvgIpc) is 2.85. The molecule has 0 aromatic carbocycles. The van der Waals surface area contributed by atoms with Crippen molar-refractivity contribution >= 4 is 0 Å². The maximum Gasteiger partial charge on any atom is 0.330 e. The first kappa shape index (κ1) is 18.8. The fourth-order valence-electron chi connectivity index (χ4n) is 2.40. The van der Waals surface area contributed by atoms with Crippen molar-refractivity contribution < 1.29 is 24.4 Å². The van der Waals surface area contributed by atoms with Crippen LogP contribution in [0.3, 0.4) is 0 Å². The zero-order valence-electron chi connectivity index (χ0n) is 14.2. The summed E-state index contributed by atoms with van der Waals surface area (Å²) in [5.74, 6) is 0. The Labute approximate surface area is 138 Å². The molecule has 0 amide bonds. The van der Waals surface area contributed by atoms with Crippen LogP contribution in [0.25, 0.3) is 0 Å². The highest BCUT2D eigenvalue weighted by atomic mass is 16.6. The Bertz CT molecular complexity index is 681. The highest BCUT2D eigenvalue weighted by Crippen LogP contribution is 2.31. The number of nitrogens with one attached hydrogen (secondary N) is 1. The van der Waals surface area contributed by atoms with Gasteiger partial charge in [0.2, 0.25) is 0 Å². The van der Waals surface area contributed by atoms with E-state index in [2.05, 4.69) is 4.98 Å². The number of aliphatic hydroxyl groups excluding tert-OH is 2. The predicted molar refractivity (Wildman–Crippen MR) is 83.9 cm³/mol. The van der Waals surface area contributed by atoms with Crippen molar-refractivity contribution in [3.05, 3.63) is 32.6 Å². The molecule has 136 valence electrons. The quantitative estimate of drug-likeness (QED) is 0.599. The lowest BCUT2D eigenvalue weighted by Gasteiger charge is -2.28. The van der Waals surface area contributed by atoms with Crippen molar-refractivity contribution in [2.45, 2.75) is 50.9 Å². The van der Waals surface area contributed by atoms with E-state index in [1.807, 2.05) is 13.8 Å². The largest absolute Gasteiger partial charge is 0.394 e. The molecule has 24 heavy (non-hydrogen) atoms. The molecule has 0 radical (unpaired) electrons. The third-order valence-electron chi connectivity index (χ3n) is 4.09. The SMILES string of the molecule is COC(C)(C)COC1C(O)C(CO)OC1n1cc(C)c(=O)[nH]c1=O. The summed E-state index contributed by atoms with van der Waals surface area (Å²) in [7, 11) is 1.54. The summed E-state index contributed by atoms with van der Waals surface area (Å²) in [6.45, 7) is 4.88. The van der Waals surface area contributed by atoms with E-state index in [0.29, 0.717) is 5.56 Å². The molecule has 2 heterocycles. The number of ether oxygens (including phenoxy) is 3. The predicted octanol–water partition coefficient (Wildman–Crippen LogP) is -1.09. The minimum Gasteiger partial charge on any atom is -0.394 e. The van der Waals surface area contributed by atoms with Crippen LogP contribution < -0.4 is 11.2 Å². The minimum absolute atomic E-state index is 0.139. The number of hydrogen-bond donors (Lipinski definition) is 3. The van der Waals surface area contributed by atoms with E-state index in [1.165, 1.54) is 13.3 Å². The van der Waals surface area contributed by atoms with Gasteiger partial charge >= 0.3 is 5.69 Å². The van der Waals surface area contributed by atoms with E-state index in [4.69, 9.17) is 14.2 Å². The molecule has 0 spiro atoms. The van der Waals surface area contributed by atoms with Gasteiger partial charge in [-0.15, -0.1) is 0 Å². The van der Waals surface area contributed by atoms with Crippen molar-refractivity contribution in [1.82, 2.24) is 9.55 Å². The lowest BCUT2D eigenvalue weighted by molar-refractivity contribution is -0.120. The summed E-state index contributed by atoms with van der Waals surface area (Å²) in [6.07, 6.45) is -2.57. The highest BCUT2D eigenvalue weighted by Gasteiger charge is 2.46. The molecule has 9 nitrogen and oxygen atoms in total. The van der Waals surface area contributed by atoms with Crippen molar-refractivity contribution in [3.63, 3.8) is 0 Å². The smallest absolute Gasteiger partial charge is 0.330 e. The molecule has 1 fully saturated rings. The van der Waals surface area contributed by atoms with Crippen molar-refractivity contribution in [2.24, 2.45) is 0 Å². The van der Waals surface area contributed by atoms with Crippen LogP contribution in [0.4, 0.5) is 0 Å². The van der Waals surface area contributed by atoms with E-state index in [1.54, 1.807) is 6.92 Å². The van der Waals surface area contributed by atoms with Crippen LogP contribution in [-0.4, -0.2) is 64.0 Å². The average molecular weight is 344 g/mol. The number of H-pyrrole nitrogens is 1. The first-order valence-electron chi connectivity index (χ1n) is 7.63. The Hall–Kier alpha value is -1.52. The summed E-state index contributed by atoms with van der Waals surface area (Å²) in [5.41, 5.74) is -1.46. The maximum absolute atomic E-state index is 12.1. The summed E-state index contributed by atoms with van der Waals surface area (Å²) >= 11 is 0. The van der Waals surface area contributed by atoms with Gasteiger partial charge in [0.05, 0.1) is 18.8 Å². The molecule has 1 aliphatic heterocycles. The van der Waals surface area contributed by atoms with Crippen LogP contribution in [0.5, 0.6) is 0 Å². The van der Waals surface area contributed by atoms with E-state index >= 15 is 0 Å². The number of aromatic nitrogens is 2.